The Bertz CT molecular complexity index is 1740. The fraction of sp³-hybridized carbons (Fsp3) is 0.312. The Hall–Kier alpha value is -4.26. The molecular formula is C32H37FN6O4S. The minimum Gasteiger partial charge on any atom is -0.361 e. The highest BCUT2D eigenvalue weighted by Gasteiger charge is 2.32. The maximum Gasteiger partial charge on any atom is 0.238 e. The number of aromatic amines is 1. The zero-order valence-corrected chi connectivity index (χ0v) is 25.3. The predicted molar refractivity (Wildman–Crippen MR) is 170 cm³/mol. The Morgan fingerprint density at radius 1 is 1.02 bits per heavy atom. The standard InChI is InChI=1S/C32H37FN6O4S/c1-44(42,43)37-26-9-6-8-25(18-26)36-31(40)21-38-13-14-39(32(41)17-24(34)15-22-7-2-4-11-29(22)33)27(20-38)16-23-19-35-30-12-5-3-10-28(23)30/h2-12,18-19,24,27,35,37H,13-17,20-21,34H2,1H3,(H,36,40)/t24-,27?/m1/s1. The monoisotopic (exact) mass is 620 g/mol. The van der Waals surface area contributed by atoms with E-state index in [1.807, 2.05) is 40.3 Å². The van der Waals surface area contributed by atoms with Crippen molar-refractivity contribution in [3.8, 4) is 0 Å². The average molecular weight is 621 g/mol. The number of piperazine rings is 1. The van der Waals surface area contributed by atoms with E-state index in [2.05, 4.69) is 15.0 Å². The predicted octanol–water partition coefficient (Wildman–Crippen LogP) is 3.33. The maximum absolute atomic E-state index is 14.2. The maximum atomic E-state index is 14.2. The molecule has 1 fully saturated rings. The third-order valence-electron chi connectivity index (χ3n) is 7.71. The molecule has 0 radical (unpaired) electrons. The first-order chi connectivity index (χ1) is 21.0. The third-order valence-corrected chi connectivity index (χ3v) is 8.32. The fourth-order valence-corrected chi connectivity index (χ4v) is 6.31. The lowest BCUT2D eigenvalue weighted by Crippen LogP contribution is -2.57. The van der Waals surface area contributed by atoms with Crippen molar-refractivity contribution in [2.45, 2.75) is 31.3 Å². The quantitative estimate of drug-likeness (QED) is 0.203. The second kappa shape index (κ2) is 13.6. The molecule has 232 valence electrons. The number of hydrogen-bond acceptors (Lipinski definition) is 6. The first-order valence-corrected chi connectivity index (χ1v) is 16.4. The number of anilines is 2. The van der Waals surface area contributed by atoms with Crippen LogP contribution in [0.3, 0.4) is 0 Å². The van der Waals surface area contributed by atoms with Gasteiger partial charge in [0.1, 0.15) is 5.82 Å². The Labute approximate surface area is 256 Å². The lowest BCUT2D eigenvalue weighted by atomic mass is 9.99. The number of aromatic nitrogens is 1. The summed E-state index contributed by atoms with van der Waals surface area (Å²) in [6.45, 7) is 1.47. The lowest BCUT2D eigenvalue weighted by Gasteiger charge is -2.41. The minimum atomic E-state index is -3.45. The van der Waals surface area contributed by atoms with E-state index in [9.17, 15) is 22.4 Å². The molecule has 2 atom stereocenters. The second-order valence-electron chi connectivity index (χ2n) is 11.3. The van der Waals surface area contributed by atoms with Crippen molar-refractivity contribution in [1.82, 2.24) is 14.8 Å². The van der Waals surface area contributed by atoms with Crippen LogP contribution >= 0.6 is 0 Å². The van der Waals surface area contributed by atoms with Gasteiger partial charge in [0.15, 0.2) is 0 Å². The zero-order valence-electron chi connectivity index (χ0n) is 24.5. The van der Waals surface area contributed by atoms with Crippen LogP contribution in [-0.4, -0.2) is 79.5 Å². The molecule has 1 unspecified atom stereocenters. The molecule has 1 aliphatic heterocycles. The number of sulfonamides is 1. The summed E-state index contributed by atoms with van der Waals surface area (Å²) in [7, 11) is -3.45. The lowest BCUT2D eigenvalue weighted by molar-refractivity contribution is -0.136. The van der Waals surface area contributed by atoms with Gasteiger partial charge in [-0.2, -0.15) is 0 Å². The van der Waals surface area contributed by atoms with Crippen LogP contribution in [0.1, 0.15) is 17.5 Å². The van der Waals surface area contributed by atoms with E-state index in [1.54, 1.807) is 42.5 Å². The smallest absolute Gasteiger partial charge is 0.238 e. The van der Waals surface area contributed by atoms with Crippen LogP contribution in [0.15, 0.2) is 79.0 Å². The van der Waals surface area contributed by atoms with Crippen LogP contribution in [0, 0.1) is 5.82 Å². The van der Waals surface area contributed by atoms with Crippen molar-refractivity contribution in [1.29, 1.82) is 0 Å². The molecule has 5 N–H and O–H groups in total. The van der Waals surface area contributed by atoms with E-state index < -0.39 is 16.1 Å². The van der Waals surface area contributed by atoms with Gasteiger partial charge < -0.3 is 20.9 Å². The molecule has 10 nitrogen and oxygen atoms in total. The molecule has 4 aromatic rings. The summed E-state index contributed by atoms with van der Waals surface area (Å²) in [5, 5.41) is 3.92. The van der Waals surface area contributed by atoms with E-state index in [0.29, 0.717) is 43.0 Å². The SMILES string of the molecule is CS(=O)(=O)Nc1cccc(NC(=O)CN2CCN(C(=O)C[C@H](N)Cc3ccccc3F)C(Cc3c[nH]c4ccccc34)C2)c1. The van der Waals surface area contributed by atoms with Crippen molar-refractivity contribution in [3.63, 3.8) is 0 Å². The molecule has 3 aromatic carbocycles. The summed E-state index contributed by atoms with van der Waals surface area (Å²) in [5.41, 5.74) is 9.71. The van der Waals surface area contributed by atoms with Crippen molar-refractivity contribution in [2.24, 2.45) is 5.73 Å². The molecule has 44 heavy (non-hydrogen) atoms. The van der Waals surface area contributed by atoms with Gasteiger partial charge in [-0.15, -0.1) is 0 Å². The number of para-hydroxylation sites is 1. The number of fused-ring (bicyclic) bond motifs is 1. The minimum absolute atomic E-state index is 0.0804. The largest absolute Gasteiger partial charge is 0.361 e. The summed E-state index contributed by atoms with van der Waals surface area (Å²) in [4.78, 5) is 33.8. The van der Waals surface area contributed by atoms with Gasteiger partial charge in [0.05, 0.1) is 18.5 Å². The van der Waals surface area contributed by atoms with Gasteiger partial charge in [-0.25, -0.2) is 12.8 Å². The van der Waals surface area contributed by atoms with Crippen molar-refractivity contribution in [3.05, 3.63) is 95.9 Å². The number of amides is 2. The Balaban J connectivity index is 1.27. The van der Waals surface area contributed by atoms with Gasteiger partial charge in [0.25, 0.3) is 0 Å². The number of nitrogens with two attached hydrogens (primary N) is 1. The van der Waals surface area contributed by atoms with Crippen LogP contribution < -0.4 is 15.8 Å². The topological polar surface area (TPSA) is 141 Å². The molecular weight excluding hydrogens is 583 g/mol. The number of halogens is 1. The van der Waals surface area contributed by atoms with Crippen molar-refractivity contribution < 1.29 is 22.4 Å². The highest BCUT2D eigenvalue weighted by Crippen LogP contribution is 2.24. The molecule has 0 bridgehead atoms. The molecule has 0 aliphatic carbocycles. The summed E-state index contributed by atoms with van der Waals surface area (Å²) < 4.78 is 39.8. The first-order valence-electron chi connectivity index (χ1n) is 14.5. The number of rotatable bonds is 11. The van der Waals surface area contributed by atoms with Crippen LogP contribution in [-0.2, 0) is 32.5 Å². The van der Waals surface area contributed by atoms with E-state index >= 15 is 0 Å². The molecule has 1 aromatic heterocycles. The van der Waals surface area contributed by atoms with Crippen LogP contribution in [0.2, 0.25) is 0 Å². The van der Waals surface area contributed by atoms with Gasteiger partial charge in [-0.1, -0.05) is 42.5 Å². The fourth-order valence-electron chi connectivity index (χ4n) is 5.76. The van der Waals surface area contributed by atoms with Gasteiger partial charge in [0.2, 0.25) is 21.8 Å². The summed E-state index contributed by atoms with van der Waals surface area (Å²) >= 11 is 0. The van der Waals surface area contributed by atoms with E-state index in [-0.39, 0.29) is 43.1 Å². The van der Waals surface area contributed by atoms with Gasteiger partial charge in [0, 0.05) is 60.9 Å². The Kier molecular flexibility index (Phi) is 9.62. The number of H-pyrrole nitrogens is 1. The molecule has 1 aliphatic rings. The van der Waals surface area contributed by atoms with Crippen LogP contribution in [0.4, 0.5) is 15.8 Å². The second-order valence-corrected chi connectivity index (χ2v) is 13.1. The van der Waals surface area contributed by atoms with E-state index in [1.165, 1.54) is 6.07 Å². The van der Waals surface area contributed by atoms with Crippen molar-refractivity contribution >= 4 is 44.1 Å². The van der Waals surface area contributed by atoms with Crippen LogP contribution in [0.5, 0.6) is 0 Å². The third kappa shape index (κ3) is 8.22. The molecule has 1 saturated heterocycles. The van der Waals surface area contributed by atoms with Gasteiger partial charge in [-0.3, -0.25) is 19.2 Å². The number of carbonyl (C=O) groups excluding carboxylic acids is 2. The molecule has 5 rings (SSSR count). The molecule has 2 amide bonds. The summed E-state index contributed by atoms with van der Waals surface area (Å²) in [6, 6.07) is 20.2. The number of benzene rings is 3. The molecule has 0 saturated carbocycles. The number of carbonyl (C=O) groups is 2. The van der Waals surface area contributed by atoms with Crippen LogP contribution in [0.25, 0.3) is 10.9 Å². The first kappa shape index (κ1) is 31.2. The summed E-state index contributed by atoms with van der Waals surface area (Å²) in [5.74, 6) is -0.685. The summed E-state index contributed by atoms with van der Waals surface area (Å²) in [6.07, 6.45) is 3.94. The number of hydrogen-bond donors (Lipinski definition) is 4. The normalized spacial score (nSPS) is 16.5. The molecule has 0 spiro atoms. The number of nitrogens with zero attached hydrogens (tertiary/aromatic N) is 2. The van der Waals surface area contributed by atoms with Crippen molar-refractivity contribution in [2.75, 3.05) is 42.5 Å². The number of nitrogens with one attached hydrogen (secondary N) is 3. The van der Waals surface area contributed by atoms with E-state index in [0.717, 1.165) is 22.7 Å². The highest BCUT2D eigenvalue weighted by molar-refractivity contribution is 7.92. The van der Waals surface area contributed by atoms with Gasteiger partial charge >= 0.3 is 0 Å². The zero-order chi connectivity index (χ0) is 31.3. The average Bonchev–Trinajstić information content (AvgIpc) is 3.36. The highest BCUT2D eigenvalue weighted by atomic mass is 32.2. The molecule has 12 heteroatoms. The van der Waals surface area contributed by atoms with Gasteiger partial charge in [-0.05, 0) is 54.3 Å². The molecule has 2 heterocycles. The Morgan fingerprint density at radius 3 is 2.57 bits per heavy atom. The van der Waals surface area contributed by atoms with E-state index in [4.69, 9.17) is 5.73 Å². The Morgan fingerprint density at radius 2 is 1.77 bits per heavy atom.